The second-order valence-electron chi connectivity index (χ2n) is 5.08. The van der Waals surface area contributed by atoms with Crippen molar-refractivity contribution >= 4 is 21.9 Å². The van der Waals surface area contributed by atoms with E-state index in [0.717, 1.165) is 36.2 Å². The van der Waals surface area contributed by atoms with Crippen LogP contribution in [0.15, 0.2) is 28.7 Å². The molecule has 0 aromatic heterocycles. The first kappa shape index (κ1) is 15.3. The van der Waals surface area contributed by atoms with Crippen LogP contribution in [0.2, 0.25) is 0 Å². The van der Waals surface area contributed by atoms with Crippen LogP contribution in [0.4, 0.5) is 0 Å². The largest absolute Gasteiger partial charge is 0.493 e. The second kappa shape index (κ2) is 7.64. The lowest BCUT2D eigenvalue weighted by Crippen LogP contribution is -2.40. The number of likely N-dealkylation sites (tertiary alicyclic amines) is 1. The molecule has 0 radical (unpaired) electrons. The highest BCUT2D eigenvalue weighted by Gasteiger charge is 2.22. The maximum atomic E-state index is 11.3. The minimum atomic E-state index is -0.167. The fourth-order valence-corrected chi connectivity index (χ4v) is 2.69. The third-order valence-electron chi connectivity index (χ3n) is 3.48. The molecule has 1 heterocycles. The van der Waals surface area contributed by atoms with Crippen molar-refractivity contribution in [1.29, 1.82) is 0 Å². The summed E-state index contributed by atoms with van der Waals surface area (Å²) in [5, 5.41) is 0. The quantitative estimate of drug-likeness (QED) is 0.772. The Labute approximate surface area is 128 Å². The standard InChI is InChI=1S/C15H20BrNO3/c1-19-15(18)10-17-8-2-3-12(9-17)11-20-14-6-4-13(16)5-7-14/h4-7,12H,2-3,8-11H2,1H3. The van der Waals surface area contributed by atoms with Crippen LogP contribution >= 0.6 is 15.9 Å². The molecule has 1 aromatic rings. The van der Waals surface area contributed by atoms with E-state index >= 15 is 0 Å². The van der Waals surface area contributed by atoms with E-state index in [9.17, 15) is 4.79 Å². The molecule has 1 unspecified atom stereocenters. The molecular weight excluding hydrogens is 322 g/mol. The lowest BCUT2D eigenvalue weighted by molar-refractivity contribution is -0.142. The third-order valence-corrected chi connectivity index (χ3v) is 4.01. The molecule has 2 rings (SSSR count). The summed E-state index contributed by atoms with van der Waals surface area (Å²) in [4.78, 5) is 13.4. The fraction of sp³-hybridized carbons (Fsp3) is 0.533. The molecule has 20 heavy (non-hydrogen) atoms. The number of nitrogens with zero attached hydrogens (tertiary/aromatic N) is 1. The number of hydrogen-bond acceptors (Lipinski definition) is 4. The van der Waals surface area contributed by atoms with Gasteiger partial charge in [0.1, 0.15) is 5.75 Å². The zero-order valence-electron chi connectivity index (χ0n) is 11.7. The number of methoxy groups -OCH3 is 1. The van der Waals surface area contributed by atoms with E-state index in [2.05, 4.69) is 20.8 Å². The molecule has 1 aliphatic rings. The number of piperidine rings is 1. The van der Waals surface area contributed by atoms with Crippen molar-refractivity contribution in [3.8, 4) is 5.75 Å². The van der Waals surface area contributed by atoms with Crippen LogP contribution in [0, 0.1) is 5.92 Å². The molecule has 5 heteroatoms. The van der Waals surface area contributed by atoms with Gasteiger partial charge in [-0.2, -0.15) is 0 Å². The Hall–Kier alpha value is -1.07. The Morgan fingerprint density at radius 3 is 2.85 bits per heavy atom. The van der Waals surface area contributed by atoms with Crippen LogP contribution < -0.4 is 4.74 Å². The predicted molar refractivity (Wildman–Crippen MR) is 80.8 cm³/mol. The maximum Gasteiger partial charge on any atom is 0.319 e. The topological polar surface area (TPSA) is 38.8 Å². The molecular formula is C15H20BrNO3. The first-order valence-electron chi connectivity index (χ1n) is 6.85. The highest BCUT2D eigenvalue weighted by Crippen LogP contribution is 2.20. The highest BCUT2D eigenvalue weighted by molar-refractivity contribution is 9.10. The van der Waals surface area contributed by atoms with Gasteiger partial charge in [-0.05, 0) is 43.7 Å². The normalized spacial score (nSPS) is 19.6. The molecule has 110 valence electrons. The smallest absolute Gasteiger partial charge is 0.319 e. The summed E-state index contributed by atoms with van der Waals surface area (Å²) in [6, 6.07) is 7.86. The average molecular weight is 342 g/mol. The Bertz CT molecular complexity index is 435. The van der Waals surface area contributed by atoms with Crippen LogP contribution in [-0.2, 0) is 9.53 Å². The van der Waals surface area contributed by atoms with E-state index in [1.807, 2.05) is 24.3 Å². The number of hydrogen-bond donors (Lipinski definition) is 0. The van der Waals surface area contributed by atoms with Crippen LogP contribution in [-0.4, -0.2) is 44.2 Å². The van der Waals surface area contributed by atoms with Crippen molar-refractivity contribution in [3.05, 3.63) is 28.7 Å². The van der Waals surface area contributed by atoms with Crippen LogP contribution in [0.1, 0.15) is 12.8 Å². The SMILES string of the molecule is COC(=O)CN1CCCC(COc2ccc(Br)cc2)C1. The summed E-state index contributed by atoms with van der Waals surface area (Å²) in [6.07, 6.45) is 2.25. The molecule has 0 saturated carbocycles. The summed E-state index contributed by atoms with van der Waals surface area (Å²) in [5.74, 6) is 1.19. The van der Waals surface area contributed by atoms with Gasteiger partial charge in [-0.15, -0.1) is 0 Å². The molecule has 1 atom stereocenters. The van der Waals surface area contributed by atoms with E-state index in [4.69, 9.17) is 9.47 Å². The molecule has 1 aliphatic heterocycles. The Kier molecular flexibility index (Phi) is 5.86. The zero-order chi connectivity index (χ0) is 14.4. The number of carbonyl (C=O) groups is 1. The van der Waals surface area contributed by atoms with E-state index in [1.165, 1.54) is 7.11 Å². The Morgan fingerprint density at radius 1 is 1.40 bits per heavy atom. The van der Waals surface area contributed by atoms with Crippen molar-refractivity contribution in [2.24, 2.45) is 5.92 Å². The number of esters is 1. The summed E-state index contributed by atoms with van der Waals surface area (Å²) in [7, 11) is 1.43. The average Bonchev–Trinajstić information content (AvgIpc) is 2.47. The van der Waals surface area contributed by atoms with Gasteiger partial charge in [-0.3, -0.25) is 9.69 Å². The van der Waals surface area contributed by atoms with Crippen molar-refractivity contribution in [1.82, 2.24) is 4.90 Å². The van der Waals surface area contributed by atoms with Crippen molar-refractivity contribution in [2.75, 3.05) is 33.4 Å². The van der Waals surface area contributed by atoms with E-state index in [1.54, 1.807) is 0 Å². The minimum absolute atomic E-state index is 0.167. The number of halogens is 1. The fourth-order valence-electron chi connectivity index (χ4n) is 2.42. The lowest BCUT2D eigenvalue weighted by atomic mass is 9.99. The first-order valence-corrected chi connectivity index (χ1v) is 7.64. The van der Waals surface area contributed by atoms with Gasteiger partial charge >= 0.3 is 5.97 Å². The van der Waals surface area contributed by atoms with Gasteiger partial charge in [0.25, 0.3) is 0 Å². The predicted octanol–water partition coefficient (Wildman–Crippen LogP) is 2.71. The summed E-state index contributed by atoms with van der Waals surface area (Å²) >= 11 is 3.40. The highest BCUT2D eigenvalue weighted by atomic mass is 79.9. The second-order valence-corrected chi connectivity index (χ2v) is 6.00. The van der Waals surface area contributed by atoms with Gasteiger partial charge < -0.3 is 9.47 Å². The number of rotatable bonds is 5. The van der Waals surface area contributed by atoms with Gasteiger partial charge in [0.05, 0.1) is 20.3 Å². The number of benzene rings is 1. The van der Waals surface area contributed by atoms with Crippen LogP contribution in [0.5, 0.6) is 5.75 Å². The molecule has 0 spiro atoms. The monoisotopic (exact) mass is 341 g/mol. The van der Waals surface area contributed by atoms with Gasteiger partial charge in [0, 0.05) is 16.9 Å². The van der Waals surface area contributed by atoms with Gasteiger partial charge in [-0.25, -0.2) is 0 Å². The maximum absolute atomic E-state index is 11.3. The summed E-state index contributed by atoms with van der Waals surface area (Å²) in [5.41, 5.74) is 0. The van der Waals surface area contributed by atoms with E-state index < -0.39 is 0 Å². The van der Waals surface area contributed by atoms with Crippen LogP contribution in [0.25, 0.3) is 0 Å². The van der Waals surface area contributed by atoms with Crippen LogP contribution in [0.3, 0.4) is 0 Å². The lowest BCUT2D eigenvalue weighted by Gasteiger charge is -2.31. The molecule has 0 bridgehead atoms. The number of ether oxygens (including phenoxy) is 2. The summed E-state index contributed by atoms with van der Waals surface area (Å²) in [6.45, 7) is 2.93. The summed E-state index contributed by atoms with van der Waals surface area (Å²) < 4.78 is 11.6. The zero-order valence-corrected chi connectivity index (χ0v) is 13.3. The van der Waals surface area contributed by atoms with Crippen molar-refractivity contribution < 1.29 is 14.3 Å². The molecule has 1 fully saturated rings. The molecule has 0 N–H and O–H groups in total. The molecule has 0 aliphatic carbocycles. The van der Waals surface area contributed by atoms with Gasteiger partial charge in [-0.1, -0.05) is 15.9 Å². The van der Waals surface area contributed by atoms with E-state index in [0.29, 0.717) is 19.1 Å². The van der Waals surface area contributed by atoms with Crippen molar-refractivity contribution in [3.63, 3.8) is 0 Å². The van der Waals surface area contributed by atoms with Crippen molar-refractivity contribution in [2.45, 2.75) is 12.8 Å². The molecule has 0 amide bonds. The van der Waals surface area contributed by atoms with Gasteiger partial charge in [0.15, 0.2) is 0 Å². The number of carbonyl (C=O) groups excluding carboxylic acids is 1. The third kappa shape index (κ3) is 4.80. The molecule has 4 nitrogen and oxygen atoms in total. The van der Waals surface area contributed by atoms with Gasteiger partial charge in [0.2, 0.25) is 0 Å². The minimum Gasteiger partial charge on any atom is -0.493 e. The van der Waals surface area contributed by atoms with E-state index in [-0.39, 0.29) is 5.97 Å². The molecule has 1 saturated heterocycles. The Balaban J connectivity index is 1.78. The molecule has 1 aromatic carbocycles. The Morgan fingerprint density at radius 2 is 2.15 bits per heavy atom. The first-order chi connectivity index (χ1) is 9.67.